The quantitative estimate of drug-likeness (QED) is 0.0866. The Labute approximate surface area is 250 Å². The minimum Gasteiger partial charge on any atom is -0.463 e. The molecule has 6 nitrogen and oxygen atoms in total. The van der Waals surface area contributed by atoms with Crippen molar-refractivity contribution in [2.24, 2.45) is 0 Å². The van der Waals surface area contributed by atoms with Gasteiger partial charge < -0.3 is 23.4 Å². The maximum absolute atomic E-state index is 11.8. The van der Waals surface area contributed by atoms with Crippen molar-refractivity contribution in [2.75, 3.05) is 52.9 Å². The van der Waals surface area contributed by atoms with Crippen LogP contribution in [-0.4, -0.2) is 67.1 Å². The Morgan fingerprint density at radius 2 is 1.05 bits per heavy atom. The molecule has 230 valence electrons. The Kier molecular flexibility index (Phi) is 17.8. The molecule has 0 amide bonds. The molecule has 2 rings (SSSR count). The van der Waals surface area contributed by atoms with Gasteiger partial charge >= 0.3 is 5.97 Å². The second-order valence-corrected chi connectivity index (χ2v) is 15.7. The molecule has 0 bridgehead atoms. The molecule has 0 unspecified atom stereocenters. The summed E-state index contributed by atoms with van der Waals surface area (Å²) in [6.45, 7) is 12.7. The van der Waals surface area contributed by atoms with Crippen molar-refractivity contribution >= 4 is 24.7 Å². The molecule has 2 aromatic rings. The lowest BCUT2D eigenvalue weighted by atomic mass is 10.1. The molecule has 0 N–H and O–H groups in total. The lowest BCUT2D eigenvalue weighted by molar-refractivity contribution is -0.145. The number of hydrogen-bond acceptors (Lipinski definition) is 6. The van der Waals surface area contributed by atoms with Gasteiger partial charge in [-0.1, -0.05) is 127 Å². The van der Waals surface area contributed by atoms with E-state index in [-0.39, 0.29) is 11.0 Å². The van der Waals surface area contributed by atoms with Gasteiger partial charge in [0.05, 0.1) is 46.2 Å². The molecule has 2 aromatic carbocycles. The molecule has 0 aliphatic rings. The molecular weight excluding hydrogens is 532 g/mol. The SMILES string of the molecule is CCCCCCCCCC(=O)OCCOCCOCCOCCO[Si](c1ccccc1)(c1ccccc1)C(C)(C)C. The van der Waals surface area contributed by atoms with Gasteiger partial charge in [-0.25, -0.2) is 0 Å². The Bertz CT molecular complexity index is 876. The molecule has 0 fully saturated rings. The number of hydrogen-bond donors (Lipinski definition) is 0. The molecule has 0 aliphatic carbocycles. The van der Waals surface area contributed by atoms with Gasteiger partial charge in [0.25, 0.3) is 8.32 Å². The van der Waals surface area contributed by atoms with Crippen LogP contribution in [0.1, 0.15) is 79.1 Å². The lowest BCUT2D eigenvalue weighted by Crippen LogP contribution is -2.66. The summed E-state index contributed by atoms with van der Waals surface area (Å²) in [7, 11) is -2.53. The molecule has 0 heterocycles. The summed E-state index contributed by atoms with van der Waals surface area (Å²) in [5.74, 6) is -0.130. The van der Waals surface area contributed by atoms with E-state index < -0.39 is 8.32 Å². The van der Waals surface area contributed by atoms with E-state index in [4.69, 9.17) is 23.4 Å². The fraction of sp³-hybridized carbons (Fsp3) is 0.618. The van der Waals surface area contributed by atoms with E-state index in [1.54, 1.807) is 0 Å². The highest BCUT2D eigenvalue weighted by Gasteiger charge is 2.49. The third-order valence-electron chi connectivity index (χ3n) is 7.18. The minimum atomic E-state index is -2.53. The van der Waals surface area contributed by atoms with E-state index in [2.05, 4.69) is 88.4 Å². The van der Waals surface area contributed by atoms with Crippen LogP contribution in [0.25, 0.3) is 0 Å². The third-order valence-corrected chi connectivity index (χ3v) is 12.2. The average Bonchev–Trinajstić information content (AvgIpc) is 2.97. The first-order valence-electron chi connectivity index (χ1n) is 15.6. The Morgan fingerprint density at radius 1 is 0.610 bits per heavy atom. The van der Waals surface area contributed by atoms with Gasteiger partial charge in [0.2, 0.25) is 0 Å². The molecule has 41 heavy (non-hydrogen) atoms. The van der Waals surface area contributed by atoms with Crippen LogP contribution in [0.5, 0.6) is 0 Å². The van der Waals surface area contributed by atoms with E-state index in [1.807, 2.05) is 0 Å². The monoisotopic (exact) mass is 586 g/mol. The van der Waals surface area contributed by atoms with Gasteiger partial charge in [-0.2, -0.15) is 0 Å². The fourth-order valence-electron chi connectivity index (χ4n) is 5.07. The second-order valence-electron chi connectivity index (χ2n) is 11.4. The summed E-state index contributed by atoms with van der Waals surface area (Å²) in [5.41, 5.74) is 0. The first kappa shape index (κ1) is 35.2. The summed E-state index contributed by atoms with van der Waals surface area (Å²) in [6.07, 6.45) is 8.85. The zero-order valence-electron chi connectivity index (χ0n) is 26.0. The number of rotatable bonds is 23. The summed E-state index contributed by atoms with van der Waals surface area (Å²) in [5, 5.41) is 2.49. The van der Waals surface area contributed by atoms with Gasteiger partial charge in [-0.05, 0) is 21.8 Å². The number of esters is 1. The van der Waals surface area contributed by atoms with Crippen LogP contribution in [0, 0.1) is 0 Å². The molecule has 0 saturated carbocycles. The van der Waals surface area contributed by atoms with E-state index in [1.165, 1.54) is 42.5 Å². The second kappa shape index (κ2) is 20.8. The number of benzene rings is 2. The van der Waals surface area contributed by atoms with Gasteiger partial charge in [0.1, 0.15) is 6.61 Å². The minimum absolute atomic E-state index is 0.0509. The fourth-order valence-corrected chi connectivity index (χ4v) is 9.62. The van der Waals surface area contributed by atoms with Crippen molar-refractivity contribution in [3.63, 3.8) is 0 Å². The number of carbonyl (C=O) groups excluding carboxylic acids is 1. The smallest absolute Gasteiger partial charge is 0.305 e. The molecular formula is C34H54O6Si. The molecule has 0 spiro atoms. The van der Waals surface area contributed by atoms with Gasteiger partial charge in [0.15, 0.2) is 0 Å². The summed E-state index contributed by atoms with van der Waals surface area (Å²) >= 11 is 0. The molecule has 0 saturated heterocycles. The highest BCUT2D eigenvalue weighted by atomic mass is 28.4. The summed E-state index contributed by atoms with van der Waals surface area (Å²) in [6, 6.07) is 21.3. The first-order valence-corrected chi connectivity index (χ1v) is 17.5. The maximum atomic E-state index is 11.8. The normalized spacial score (nSPS) is 12.0. The van der Waals surface area contributed by atoms with Crippen molar-refractivity contribution in [1.82, 2.24) is 0 Å². The van der Waals surface area contributed by atoms with Crippen LogP contribution in [-0.2, 0) is 28.2 Å². The summed E-state index contributed by atoms with van der Waals surface area (Å²) < 4.78 is 29.0. The van der Waals surface area contributed by atoms with E-state index >= 15 is 0 Å². The van der Waals surface area contributed by atoms with Crippen LogP contribution in [0.4, 0.5) is 0 Å². The topological polar surface area (TPSA) is 63.2 Å². The van der Waals surface area contributed by atoms with E-state index in [9.17, 15) is 4.79 Å². The highest BCUT2D eigenvalue weighted by Crippen LogP contribution is 2.36. The molecule has 0 aliphatic heterocycles. The molecule has 0 radical (unpaired) electrons. The highest BCUT2D eigenvalue weighted by molar-refractivity contribution is 6.99. The third kappa shape index (κ3) is 13.2. The van der Waals surface area contributed by atoms with Crippen molar-refractivity contribution in [1.29, 1.82) is 0 Å². The van der Waals surface area contributed by atoms with Crippen LogP contribution >= 0.6 is 0 Å². The predicted octanol–water partition coefficient (Wildman–Crippen LogP) is 6.30. The van der Waals surface area contributed by atoms with E-state index in [0.717, 1.165) is 12.8 Å². The van der Waals surface area contributed by atoms with Crippen LogP contribution in [0.3, 0.4) is 0 Å². The number of ether oxygens (including phenoxy) is 4. The van der Waals surface area contributed by atoms with Gasteiger partial charge in [0, 0.05) is 6.42 Å². The van der Waals surface area contributed by atoms with Crippen LogP contribution < -0.4 is 10.4 Å². The Hall–Kier alpha value is -2.03. The van der Waals surface area contributed by atoms with Crippen molar-refractivity contribution < 1.29 is 28.2 Å². The molecule has 7 heteroatoms. The summed E-state index contributed by atoms with van der Waals surface area (Å²) in [4.78, 5) is 11.8. The zero-order valence-corrected chi connectivity index (χ0v) is 27.0. The Balaban J connectivity index is 1.55. The van der Waals surface area contributed by atoms with E-state index in [0.29, 0.717) is 59.3 Å². The zero-order chi connectivity index (χ0) is 29.7. The molecule has 0 aromatic heterocycles. The first-order chi connectivity index (χ1) is 19.9. The average molecular weight is 587 g/mol. The van der Waals surface area contributed by atoms with Crippen molar-refractivity contribution in [2.45, 2.75) is 84.1 Å². The number of carbonyl (C=O) groups is 1. The van der Waals surface area contributed by atoms with Crippen LogP contribution in [0.15, 0.2) is 60.7 Å². The van der Waals surface area contributed by atoms with Crippen molar-refractivity contribution in [3.05, 3.63) is 60.7 Å². The number of unbranched alkanes of at least 4 members (excludes halogenated alkanes) is 6. The van der Waals surface area contributed by atoms with Gasteiger partial charge in [-0.15, -0.1) is 0 Å². The standard InChI is InChI=1S/C34H54O6Si/c1-5-6-7-8-9-10-17-22-33(35)39-29-27-37-25-23-36-24-26-38-28-30-40-41(34(2,3)4,31-18-13-11-14-19-31)32-20-15-12-16-21-32/h11-16,18-21H,5-10,17,22-30H2,1-4H3. The maximum Gasteiger partial charge on any atom is 0.305 e. The Morgan fingerprint density at radius 3 is 1.54 bits per heavy atom. The largest absolute Gasteiger partial charge is 0.463 e. The predicted molar refractivity (Wildman–Crippen MR) is 170 cm³/mol. The van der Waals surface area contributed by atoms with Crippen LogP contribution in [0.2, 0.25) is 5.04 Å². The van der Waals surface area contributed by atoms with Crippen molar-refractivity contribution in [3.8, 4) is 0 Å². The molecule has 0 atom stereocenters. The van der Waals surface area contributed by atoms with Gasteiger partial charge in [-0.3, -0.25) is 4.79 Å². The lowest BCUT2D eigenvalue weighted by Gasteiger charge is -2.43.